The number of nitrogens with two attached hydrogens (primary N) is 2. The molecule has 2 nitrogen and oxygen atoms in total. The molecule has 0 saturated carbocycles. The second-order valence-corrected chi connectivity index (χ2v) is 4.74. The lowest BCUT2D eigenvalue weighted by atomic mass is 9.94. The number of hydrogen-bond donors (Lipinski definition) is 2. The van der Waals surface area contributed by atoms with E-state index >= 15 is 0 Å². The van der Waals surface area contributed by atoms with Crippen LogP contribution in [0.15, 0.2) is 17.5 Å². The molecule has 1 heterocycles. The summed E-state index contributed by atoms with van der Waals surface area (Å²) in [5.74, 6) is 0. The van der Waals surface area contributed by atoms with Gasteiger partial charge in [0.05, 0.1) is 0 Å². The van der Waals surface area contributed by atoms with Gasteiger partial charge >= 0.3 is 0 Å². The van der Waals surface area contributed by atoms with E-state index in [1.165, 1.54) is 4.88 Å². The second-order valence-electron chi connectivity index (χ2n) is 3.71. The van der Waals surface area contributed by atoms with Crippen molar-refractivity contribution < 1.29 is 0 Å². The summed E-state index contributed by atoms with van der Waals surface area (Å²) in [6.07, 6.45) is 0.876. The van der Waals surface area contributed by atoms with Gasteiger partial charge in [-0.1, -0.05) is 6.07 Å². The zero-order valence-corrected chi connectivity index (χ0v) is 8.40. The van der Waals surface area contributed by atoms with Crippen molar-refractivity contribution in [2.45, 2.75) is 31.8 Å². The minimum atomic E-state index is -0.288. The van der Waals surface area contributed by atoms with E-state index in [0.717, 1.165) is 6.42 Å². The Balaban J connectivity index is 2.53. The molecule has 0 aromatic carbocycles. The van der Waals surface area contributed by atoms with Crippen molar-refractivity contribution in [2.75, 3.05) is 0 Å². The fourth-order valence-corrected chi connectivity index (χ4v) is 1.67. The highest BCUT2D eigenvalue weighted by atomic mass is 32.1. The van der Waals surface area contributed by atoms with Crippen LogP contribution in [0, 0.1) is 0 Å². The lowest BCUT2D eigenvalue weighted by Gasteiger charge is -2.26. The van der Waals surface area contributed by atoms with Crippen molar-refractivity contribution >= 4 is 11.3 Å². The Labute approximate surface area is 77.6 Å². The molecule has 68 valence electrons. The highest BCUT2D eigenvalue weighted by Gasteiger charge is 2.21. The first kappa shape index (κ1) is 9.71. The summed E-state index contributed by atoms with van der Waals surface area (Å²) in [4.78, 5) is 1.31. The smallest absolute Gasteiger partial charge is 0.0264 e. The molecule has 0 fully saturated rings. The van der Waals surface area contributed by atoms with Crippen LogP contribution in [0.3, 0.4) is 0 Å². The first-order valence-electron chi connectivity index (χ1n) is 4.07. The Morgan fingerprint density at radius 1 is 1.58 bits per heavy atom. The molecule has 0 aliphatic rings. The Kier molecular flexibility index (Phi) is 2.88. The molecule has 1 aromatic rings. The third-order valence-electron chi connectivity index (χ3n) is 1.96. The molecule has 1 rings (SSSR count). The van der Waals surface area contributed by atoms with Gasteiger partial charge in [-0.3, -0.25) is 0 Å². The van der Waals surface area contributed by atoms with E-state index in [1.54, 1.807) is 11.3 Å². The molecule has 3 heteroatoms. The summed E-state index contributed by atoms with van der Waals surface area (Å²) in [6.45, 7) is 3.93. The molecule has 0 bridgehead atoms. The lowest BCUT2D eigenvalue weighted by Crippen LogP contribution is -2.51. The maximum absolute atomic E-state index is 5.92. The largest absolute Gasteiger partial charge is 0.326 e. The molecular formula is C9H16N2S. The zero-order chi connectivity index (χ0) is 9.19. The van der Waals surface area contributed by atoms with Crippen LogP contribution in [0.4, 0.5) is 0 Å². The van der Waals surface area contributed by atoms with Gasteiger partial charge in [0.15, 0.2) is 0 Å². The fraction of sp³-hybridized carbons (Fsp3) is 0.556. The molecule has 12 heavy (non-hydrogen) atoms. The van der Waals surface area contributed by atoms with Gasteiger partial charge in [-0.05, 0) is 31.7 Å². The summed E-state index contributed by atoms with van der Waals surface area (Å²) < 4.78 is 0. The normalized spacial score (nSPS) is 14.7. The highest BCUT2D eigenvalue weighted by Crippen LogP contribution is 2.14. The lowest BCUT2D eigenvalue weighted by molar-refractivity contribution is 0.408. The maximum Gasteiger partial charge on any atom is 0.0264 e. The summed E-state index contributed by atoms with van der Waals surface area (Å²) in [6, 6.07) is 4.17. The Morgan fingerprint density at radius 2 is 2.25 bits per heavy atom. The zero-order valence-electron chi connectivity index (χ0n) is 7.58. The molecule has 0 radical (unpaired) electrons. The van der Waals surface area contributed by atoms with Crippen LogP contribution in [0.2, 0.25) is 0 Å². The highest BCUT2D eigenvalue weighted by molar-refractivity contribution is 7.09. The van der Waals surface area contributed by atoms with Gasteiger partial charge in [0.2, 0.25) is 0 Å². The predicted molar refractivity (Wildman–Crippen MR) is 54.3 cm³/mol. The van der Waals surface area contributed by atoms with Crippen molar-refractivity contribution in [3.05, 3.63) is 22.4 Å². The van der Waals surface area contributed by atoms with Gasteiger partial charge in [-0.25, -0.2) is 0 Å². The Hall–Kier alpha value is -0.380. The van der Waals surface area contributed by atoms with Crippen LogP contribution < -0.4 is 11.5 Å². The summed E-state index contributed by atoms with van der Waals surface area (Å²) in [5, 5.41) is 2.06. The van der Waals surface area contributed by atoms with Gasteiger partial charge in [-0.15, -0.1) is 11.3 Å². The molecular weight excluding hydrogens is 168 g/mol. The van der Waals surface area contributed by atoms with Crippen LogP contribution in [0.1, 0.15) is 18.7 Å². The van der Waals surface area contributed by atoms with E-state index in [-0.39, 0.29) is 11.6 Å². The molecule has 0 spiro atoms. The quantitative estimate of drug-likeness (QED) is 0.745. The number of hydrogen-bond acceptors (Lipinski definition) is 3. The van der Waals surface area contributed by atoms with E-state index in [9.17, 15) is 0 Å². The van der Waals surface area contributed by atoms with Crippen molar-refractivity contribution in [1.82, 2.24) is 0 Å². The maximum atomic E-state index is 5.92. The number of thiophene rings is 1. The summed E-state index contributed by atoms with van der Waals surface area (Å²) in [5.41, 5.74) is 11.5. The van der Waals surface area contributed by atoms with Gasteiger partial charge < -0.3 is 11.5 Å². The Morgan fingerprint density at radius 3 is 2.67 bits per heavy atom. The fourth-order valence-electron chi connectivity index (χ4n) is 0.909. The van der Waals surface area contributed by atoms with Gasteiger partial charge in [0.25, 0.3) is 0 Å². The van der Waals surface area contributed by atoms with Crippen LogP contribution in [0.25, 0.3) is 0 Å². The van der Waals surface area contributed by atoms with Gasteiger partial charge in [-0.2, -0.15) is 0 Å². The summed E-state index contributed by atoms with van der Waals surface area (Å²) in [7, 11) is 0. The minimum Gasteiger partial charge on any atom is -0.326 e. The second kappa shape index (κ2) is 3.56. The van der Waals surface area contributed by atoms with Crippen LogP contribution in [-0.2, 0) is 6.42 Å². The first-order valence-corrected chi connectivity index (χ1v) is 4.95. The van der Waals surface area contributed by atoms with Crippen molar-refractivity contribution in [3.8, 4) is 0 Å². The number of rotatable bonds is 3. The van der Waals surface area contributed by atoms with Crippen LogP contribution in [-0.4, -0.2) is 11.6 Å². The summed E-state index contributed by atoms with van der Waals surface area (Å²) >= 11 is 1.73. The van der Waals surface area contributed by atoms with E-state index < -0.39 is 0 Å². The molecule has 4 N–H and O–H groups in total. The SMILES string of the molecule is CC(C)(N)C(N)Cc1cccs1. The van der Waals surface area contributed by atoms with Crippen LogP contribution in [0.5, 0.6) is 0 Å². The monoisotopic (exact) mass is 184 g/mol. The Bertz CT molecular complexity index is 223. The third kappa shape index (κ3) is 2.59. The third-order valence-corrected chi connectivity index (χ3v) is 2.86. The van der Waals surface area contributed by atoms with E-state index in [2.05, 4.69) is 11.4 Å². The standard InChI is InChI=1S/C9H16N2S/c1-9(2,11)8(10)6-7-4-3-5-12-7/h3-5,8H,6,10-11H2,1-2H3. The van der Waals surface area contributed by atoms with E-state index in [4.69, 9.17) is 11.5 Å². The molecule has 1 aromatic heterocycles. The van der Waals surface area contributed by atoms with Crippen molar-refractivity contribution in [1.29, 1.82) is 0 Å². The molecule has 1 atom stereocenters. The van der Waals surface area contributed by atoms with Gasteiger partial charge in [0.1, 0.15) is 0 Å². The molecule has 1 unspecified atom stereocenters. The molecule has 0 aliphatic heterocycles. The topological polar surface area (TPSA) is 52.0 Å². The predicted octanol–water partition coefficient (Wildman–Crippen LogP) is 1.36. The van der Waals surface area contributed by atoms with E-state index in [0.29, 0.717) is 0 Å². The molecule has 0 amide bonds. The average Bonchev–Trinajstić information content (AvgIpc) is 2.37. The van der Waals surface area contributed by atoms with E-state index in [1.807, 2.05) is 19.9 Å². The molecule has 0 saturated heterocycles. The minimum absolute atomic E-state index is 0.0381. The first-order chi connectivity index (χ1) is 5.50. The van der Waals surface area contributed by atoms with Crippen molar-refractivity contribution in [3.63, 3.8) is 0 Å². The average molecular weight is 184 g/mol. The van der Waals surface area contributed by atoms with Crippen molar-refractivity contribution in [2.24, 2.45) is 11.5 Å². The van der Waals surface area contributed by atoms with Gasteiger partial charge in [0, 0.05) is 16.5 Å². The van der Waals surface area contributed by atoms with Crippen LogP contribution >= 0.6 is 11.3 Å². The molecule has 0 aliphatic carbocycles.